The highest BCUT2D eigenvalue weighted by Gasteiger charge is 2.31. The van der Waals surface area contributed by atoms with Crippen LogP contribution in [0.15, 0.2) is 18.3 Å². The van der Waals surface area contributed by atoms with E-state index in [1.54, 1.807) is 0 Å². The second-order valence-corrected chi connectivity index (χ2v) is 6.85. The van der Waals surface area contributed by atoms with Crippen molar-refractivity contribution < 1.29 is 0 Å². The highest BCUT2D eigenvalue weighted by molar-refractivity contribution is 5.65. The summed E-state index contributed by atoms with van der Waals surface area (Å²) < 4.78 is 0. The van der Waals surface area contributed by atoms with Gasteiger partial charge in [0.25, 0.3) is 0 Å². The summed E-state index contributed by atoms with van der Waals surface area (Å²) in [5, 5.41) is 3.79. The highest BCUT2D eigenvalue weighted by Crippen LogP contribution is 2.36. The predicted octanol–water partition coefficient (Wildman–Crippen LogP) is 4.02. The van der Waals surface area contributed by atoms with Crippen LogP contribution in [0.3, 0.4) is 0 Å². The van der Waals surface area contributed by atoms with Crippen molar-refractivity contribution in [3.8, 4) is 0 Å². The number of hydrogen-bond donors (Lipinski definition) is 1. The molecule has 1 N–H and O–H groups in total. The Balaban J connectivity index is 2.18. The van der Waals surface area contributed by atoms with E-state index < -0.39 is 0 Å². The van der Waals surface area contributed by atoms with E-state index >= 15 is 0 Å². The van der Waals surface area contributed by atoms with Crippen molar-refractivity contribution in [2.45, 2.75) is 46.1 Å². The van der Waals surface area contributed by atoms with Gasteiger partial charge >= 0.3 is 0 Å². The maximum Gasteiger partial charge on any atom is 0.151 e. The van der Waals surface area contributed by atoms with E-state index in [-0.39, 0.29) is 0 Å². The zero-order valence-corrected chi connectivity index (χ0v) is 13.6. The summed E-state index contributed by atoms with van der Waals surface area (Å²) in [7, 11) is 4.11. The fourth-order valence-electron chi connectivity index (χ4n) is 3.43. The minimum absolute atomic E-state index is 0.571. The first kappa shape index (κ1) is 15.1. The molecule has 1 fully saturated rings. The van der Waals surface area contributed by atoms with Crippen molar-refractivity contribution >= 4 is 11.5 Å². The molecule has 112 valence electrons. The Morgan fingerprint density at radius 3 is 2.70 bits per heavy atom. The molecule has 0 saturated heterocycles. The Morgan fingerprint density at radius 2 is 2.05 bits per heavy atom. The second kappa shape index (κ2) is 6.47. The molecule has 1 saturated carbocycles. The summed E-state index contributed by atoms with van der Waals surface area (Å²) in [5.74, 6) is 3.36. The van der Waals surface area contributed by atoms with Gasteiger partial charge in [-0.05, 0) is 42.7 Å². The summed E-state index contributed by atoms with van der Waals surface area (Å²) in [6.07, 6.45) is 5.84. The molecule has 0 bridgehead atoms. The monoisotopic (exact) mass is 275 g/mol. The lowest BCUT2D eigenvalue weighted by Gasteiger charge is -2.38. The van der Waals surface area contributed by atoms with Crippen molar-refractivity contribution in [3.63, 3.8) is 0 Å². The van der Waals surface area contributed by atoms with Gasteiger partial charge < -0.3 is 10.2 Å². The van der Waals surface area contributed by atoms with E-state index in [9.17, 15) is 0 Å². The zero-order valence-electron chi connectivity index (χ0n) is 13.6. The van der Waals surface area contributed by atoms with Crippen molar-refractivity contribution in [3.05, 3.63) is 18.3 Å². The molecule has 20 heavy (non-hydrogen) atoms. The lowest BCUT2D eigenvalue weighted by atomic mass is 9.74. The molecule has 1 aliphatic rings. The molecule has 2 rings (SSSR count). The fourth-order valence-corrected chi connectivity index (χ4v) is 3.43. The van der Waals surface area contributed by atoms with Gasteiger partial charge in [0.1, 0.15) is 0 Å². The quantitative estimate of drug-likeness (QED) is 0.899. The molecule has 3 atom stereocenters. The number of nitrogens with zero attached hydrogens (tertiary/aromatic N) is 2. The first-order valence-corrected chi connectivity index (χ1v) is 7.88. The molecule has 1 aromatic heterocycles. The van der Waals surface area contributed by atoms with Crippen LogP contribution in [0.25, 0.3) is 0 Å². The minimum atomic E-state index is 0.571. The normalized spacial score (nSPS) is 26.6. The van der Waals surface area contributed by atoms with Crippen LogP contribution in [0.2, 0.25) is 0 Å². The predicted molar refractivity (Wildman–Crippen MR) is 87.3 cm³/mol. The van der Waals surface area contributed by atoms with E-state index in [1.165, 1.54) is 24.9 Å². The third-order valence-electron chi connectivity index (χ3n) is 4.57. The number of pyridine rings is 1. The zero-order chi connectivity index (χ0) is 14.7. The molecular weight excluding hydrogens is 246 g/mol. The van der Waals surface area contributed by atoms with Gasteiger partial charge in [-0.3, -0.25) is 0 Å². The molecule has 1 aliphatic carbocycles. The number of anilines is 2. The van der Waals surface area contributed by atoms with Crippen LogP contribution in [0.4, 0.5) is 11.5 Å². The third-order valence-corrected chi connectivity index (χ3v) is 4.57. The summed E-state index contributed by atoms with van der Waals surface area (Å²) in [5.41, 5.74) is 1.17. The van der Waals surface area contributed by atoms with Gasteiger partial charge in [-0.1, -0.05) is 27.2 Å². The summed E-state index contributed by atoms with van der Waals surface area (Å²) >= 11 is 0. The van der Waals surface area contributed by atoms with Gasteiger partial charge in [-0.2, -0.15) is 0 Å². The van der Waals surface area contributed by atoms with Crippen LogP contribution in [0.5, 0.6) is 0 Å². The van der Waals surface area contributed by atoms with Crippen molar-refractivity contribution in [2.75, 3.05) is 24.3 Å². The Kier molecular flexibility index (Phi) is 4.90. The summed E-state index contributed by atoms with van der Waals surface area (Å²) in [6.45, 7) is 7.08. The maximum atomic E-state index is 4.50. The average molecular weight is 275 g/mol. The van der Waals surface area contributed by atoms with Crippen LogP contribution in [-0.2, 0) is 0 Å². The molecule has 0 aliphatic heterocycles. The molecule has 0 aromatic carbocycles. The van der Waals surface area contributed by atoms with Crippen molar-refractivity contribution in [1.29, 1.82) is 0 Å². The van der Waals surface area contributed by atoms with Gasteiger partial charge in [0.2, 0.25) is 0 Å². The molecule has 1 aromatic rings. The fraction of sp³-hybridized carbons (Fsp3) is 0.706. The van der Waals surface area contributed by atoms with Crippen LogP contribution in [0, 0.1) is 17.8 Å². The second-order valence-electron chi connectivity index (χ2n) is 6.85. The van der Waals surface area contributed by atoms with E-state index in [0.29, 0.717) is 6.04 Å². The molecule has 1 heterocycles. The molecule has 3 nitrogen and oxygen atoms in total. The lowest BCUT2D eigenvalue weighted by molar-refractivity contribution is 0.212. The topological polar surface area (TPSA) is 28.2 Å². The molecule has 3 heteroatoms. The average Bonchev–Trinajstić information content (AvgIpc) is 2.38. The number of rotatable bonds is 4. The summed E-state index contributed by atoms with van der Waals surface area (Å²) in [6, 6.07) is 4.74. The SMILES string of the molecule is CC1CCC(C(C)C)C(Nc2cccnc2N(C)C)C1. The Bertz CT molecular complexity index is 428. The molecule has 0 amide bonds. The molecule has 0 spiro atoms. The minimum Gasteiger partial charge on any atom is -0.379 e. The van der Waals surface area contributed by atoms with Crippen molar-refractivity contribution in [2.24, 2.45) is 17.8 Å². The Hall–Kier alpha value is -1.25. The van der Waals surface area contributed by atoms with Gasteiger partial charge in [0.05, 0.1) is 5.69 Å². The van der Waals surface area contributed by atoms with Crippen LogP contribution < -0.4 is 10.2 Å². The Morgan fingerprint density at radius 1 is 1.30 bits per heavy atom. The lowest BCUT2D eigenvalue weighted by Crippen LogP contribution is -2.38. The molecule has 3 unspecified atom stereocenters. The van der Waals surface area contributed by atoms with Gasteiger partial charge in [-0.25, -0.2) is 4.98 Å². The van der Waals surface area contributed by atoms with E-state index in [1.807, 2.05) is 12.3 Å². The van der Waals surface area contributed by atoms with Crippen LogP contribution in [-0.4, -0.2) is 25.1 Å². The first-order valence-electron chi connectivity index (χ1n) is 7.88. The summed E-state index contributed by atoms with van der Waals surface area (Å²) in [4.78, 5) is 6.58. The van der Waals surface area contributed by atoms with E-state index in [2.05, 4.69) is 56.1 Å². The molecular formula is C17H29N3. The highest BCUT2D eigenvalue weighted by atomic mass is 15.2. The van der Waals surface area contributed by atoms with Crippen molar-refractivity contribution in [1.82, 2.24) is 4.98 Å². The van der Waals surface area contributed by atoms with Crippen LogP contribution >= 0.6 is 0 Å². The van der Waals surface area contributed by atoms with Gasteiger partial charge in [0.15, 0.2) is 5.82 Å². The van der Waals surface area contributed by atoms with Gasteiger partial charge in [0, 0.05) is 26.3 Å². The number of hydrogen-bond acceptors (Lipinski definition) is 3. The molecule has 0 radical (unpaired) electrons. The first-order chi connectivity index (χ1) is 9.49. The largest absolute Gasteiger partial charge is 0.379 e. The number of nitrogens with one attached hydrogen (secondary N) is 1. The third kappa shape index (κ3) is 3.44. The smallest absolute Gasteiger partial charge is 0.151 e. The Labute approximate surface area is 123 Å². The van der Waals surface area contributed by atoms with Gasteiger partial charge in [-0.15, -0.1) is 0 Å². The number of aromatic nitrogens is 1. The maximum absolute atomic E-state index is 4.50. The standard InChI is InChI=1S/C17H29N3/c1-12(2)14-9-8-13(3)11-16(14)19-15-7-6-10-18-17(15)20(4)5/h6-7,10,12-14,16,19H,8-9,11H2,1-5H3. The van der Waals surface area contributed by atoms with Crippen LogP contribution in [0.1, 0.15) is 40.0 Å². The van der Waals surface area contributed by atoms with E-state index in [0.717, 1.165) is 23.6 Å². The van der Waals surface area contributed by atoms with E-state index in [4.69, 9.17) is 0 Å².